The maximum atomic E-state index is 13.0. The zero-order chi connectivity index (χ0) is 23.7. The van der Waals surface area contributed by atoms with Gasteiger partial charge in [-0.15, -0.1) is 0 Å². The highest BCUT2D eigenvalue weighted by Crippen LogP contribution is 2.40. The first-order valence-electron chi connectivity index (χ1n) is 10.6. The van der Waals surface area contributed by atoms with Crippen molar-refractivity contribution in [3.8, 4) is 5.75 Å². The average molecular weight is 451 g/mol. The van der Waals surface area contributed by atoms with Crippen molar-refractivity contribution in [2.24, 2.45) is 0 Å². The first kappa shape index (κ1) is 22.5. The van der Waals surface area contributed by atoms with E-state index < -0.39 is 23.7 Å². The molecule has 8 heteroatoms. The molecule has 172 valence electrons. The van der Waals surface area contributed by atoms with Gasteiger partial charge in [0.05, 0.1) is 30.9 Å². The third-order valence-electron chi connectivity index (χ3n) is 5.89. The molecule has 0 aromatic heterocycles. The summed E-state index contributed by atoms with van der Waals surface area (Å²) >= 11 is 0. The van der Waals surface area contributed by atoms with Gasteiger partial charge in [0.15, 0.2) is 0 Å². The van der Waals surface area contributed by atoms with Crippen molar-refractivity contribution in [1.82, 2.24) is 4.90 Å². The van der Waals surface area contributed by atoms with Gasteiger partial charge >= 0.3 is 5.97 Å². The fourth-order valence-corrected chi connectivity index (χ4v) is 4.29. The largest absolute Gasteiger partial charge is 0.507 e. The van der Waals surface area contributed by atoms with Crippen LogP contribution in [0.1, 0.15) is 40.0 Å². The number of rotatable bonds is 6. The number of nitrogens with zero attached hydrogens (tertiary/aromatic N) is 1. The highest BCUT2D eigenvalue weighted by molar-refractivity contribution is 6.46. The SMILES string of the molecule is COCCN1C(=O)C(=O)C(=C(O)c2ccc3c(c2)C[C@H](C)O3)[C@H]1c1ccc(C(=O)OC)cc1. The molecule has 1 N–H and O–H groups in total. The number of aliphatic hydroxyl groups is 1. The Kier molecular flexibility index (Phi) is 6.20. The van der Waals surface area contributed by atoms with Crippen LogP contribution in [-0.2, 0) is 25.5 Å². The van der Waals surface area contributed by atoms with E-state index in [0.717, 1.165) is 11.3 Å². The van der Waals surface area contributed by atoms with Crippen LogP contribution in [0.25, 0.3) is 5.76 Å². The smallest absolute Gasteiger partial charge is 0.337 e. The van der Waals surface area contributed by atoms with E-state index in [1.165, 1.54) is 19.1 Å². The number of esters is 1. The van der Waals surface area contributed by atoms with Crippen molar-refractivity contribution in [2.45, 2.75) is 25.5 Å². The molecular formula is C25H25NO7. The molecule has 4 rings (SSSR count). The number of amides is 1. The molecule has 2 atom stereocenters. The predicted molar refractivity (Wildman–Crippen MR) is 119 cm³/mol. The van der Waals surface area contributed by atoms with E-state index in [0.29, 0.717) is 23.1 Å². The van der Waals surface area contributed by atoms with Crippen LogP contribution in [0.15, 0.2) is 48.0 Å². The minimum atomic E-state index is -0.824. The second kappa shape index (κ2) is 9.07. The second-order valence-electron chi connectivity index (χ2n) is 8.05. The number of hydrogen-bond acceptors (Lipinski definition) is 7. The lowest BCUT2D eigenvalue weighted by molar-refractivity contribution is -0.140. The molecule has 0 saturated carbocycles. The summed E-state index contributed by atoms with van der Waals surface area (Å²) in [5.41, 5.74) is 2.28. The lowest BCUT2D eigenvalue weighted by Gasteiger charge is -2.25. The van der Waals surface area contributed by atoms with Crippen LogP contribution < -0.4 is 4.74 Å². The number of ether oxygens (including phenoxy) is 3. The maximum absolute atomic E-state index is 13.0. The molecule has 2 aliphatic heterocycles. The quantitative estimate of drug-likeness (QED) is 0.312. The van der Waals surface area contributed by atoms with Gasteiger partial charge in [-0.3, -0.25) is 9.59 Å². The lowest BCUT2D eigenvalue weighted by Crippen LogP contribution is -2.32. The van der Waals surface area contributed by atoms with Crippen molar-refractivity contribution < 1.29 is 33.7 Å². The molecule has 1 amide bonds. The third kappa shape index (κ3) is 4.09. The maximum Gasteiger partial charge on any atom is 0.337 e. The molecular weight excluding hydrogens is 426 g/mol. The van der Waals surface area contributed by atoms with Gasteiger partial charge in [0.2, 0.25) is 0 Å². The first-order valence-corrected chi connectivity index (χ1v) is 10.6. The fourth-order valence-electron chi connectivity index (χ4n) is 4.29. The standard InChI is InChI=1S/C25H25NO7/c1-14-12-18-13-17(8-9-19(18)33-14)22(27)20-21(26(10-11-31-2)24(29)23(20)28)15-4-6-16(7-5-15)25(30)32-3/h4-9,13-14,21,27H,10-12H2,1-3H3/t14-,21+/m0/s1. The number of carbonyl (C=O) groups is 3. The Morgan fingerprint density at radius 2 is 1.82 bits per heavy atom. The molecule has 8 nitrogen and oxygen atoms in total. The first-order chi connectivity index (χ1) is 15.8. The molecule has 2 aliphatic rings. The Bertz CT molecular complexity index is 1140. The number of methoxy groups -OCH3 is 2. The van der Waals surface area contributed by atoms with Gasteiger partial charge in [0.1, 0.15) is 17.6 Å². The molecule has 0 radical (unpaired) electrons. The topological polar surface area (TPSA) is 102 Å². The highest BCUT2D eigenvalue weighted by atomic mass is 16.5. The fraction of sp³-hybridized carbons (Fsp3) is 0.320. The molecule has 0 unspecified atom stereocenters. The molecule has 2 aromatic carbocycles. The summed E-state index contributed by atoms with van der Waals surface area (Å²) in [6.45, 7) is 2.34. The third-order valence-corrected chi connectivity index (χ3v) is 5.89. The van der Waals surface area contributed by atoms with Crippen LogP contribution in [0.2, 0.25) is 0 Å². The molecule has 1 saturated heterocycles. The van der Waals surface area contributed by atoms with Crippen LogP contribution in [0.3, 0.4) is 0 Å². The zero-order valence-electron chi connectivity index (χ0n) is 18.7. The summed E-state index contributed by atoms with van der Waals surface area (Å²) in [4.78, 5) is 39.1. The van der Waals surface area contributed by atoms with Crippen LogP contribution in [0.4, 0.5) is 0 Å². The number of likely N-dealkylation sites (tertiary alicyclic amines) is 1. The summed E-state index contributed by atoms with van der Waals surface area (Å²) in [5.74, 6) is -1.48. The van der Waals surface area contributed by atoms with Crippen molar-refractivity contribution >= 4 is 23.4 Å². The number of Topliss-reactive ketones (excluding diaryl/α,β-unsaturated/α-hetero) is 1. The van der Waals surface area contributed by atoms with Gasteiger partial charge in [0, 0.05) is 25.6 Å². The van der Waals surface area contributed by atoms with Crippen molar-refractivity contribution in [3.63, 3.8) is 0 Å². The molecule has 2 aromatic rings. The Hall–Kier alpha value is -3.65. The summed E-state index contributed by atoms with van der Waals surface area (Å²) in [7, 11) is 2.79. The molecule has 2 heterocycles. The van der Waals surface area contributed by atoms with Gasteiger partial charge in [-0.2, -0.15) is 0 Å². The number of hydrogen-bond donors (Lipinski definition) is 1. The summed E-state index contributed by atoms with van der Waals surface area (Å²) in [6.07, 6.45) is 0.724. The van der Waals surface area contributed by atoms with E-state index in [1.807, 2.05) is 6.92 Å². The van der Waals surface area contributed by atoms with E-state index in [2.05, 4.69) is 0 Å². The van der Waals surface area contributed by atoms with E-state index >= 15 is 0 Å². The molecule has 0 spiro atoms. The Balaban J connectivity index is 1.80. The van der Waals surface area contributed by atoms with E-state index in [9.17, 15) is 19.5 Å². The molecule has 0 aliphatic carbocycles. The minimum absolute atomic E-state index is 0.00571. The van der Waals surface area contributed by atoms with Gasteiger partial charge in [-0.25, -0.2) is 4.79 Å². The lowest BCUT2D eigenvalue weighted by atomic mass is 9.94. The number of fused-ring (bicyclic) bond motifs is 1. The van der Waals surface area contributed by atoms with E-state index in [-0.39, 0.29) is 30.6 Å². The molecule has 33 heavy (non-hydrogen) atoms. The number of aliphatic hydroxyl groups excluding tert-OH is 1. The highest BCUT2D eigenvalue weighted by Gasteiger charge is 2.46. The molecule has 0 bridgehead atoms. The van der Waals surface area contributed by atoms with Crippen molar-refractivity contribution in [1.29, 1.82) is 0 Å². The van der Waals surface area contributed by atoms with Crippen LogP contribution in [0, 0.1) is 0 Å². The Labute approximate surface area is 191 Å². The summed E-state index contributed by atoms with van der Waals surface area (Å²) in [6, 6.07) is 10.8. The van der Waals surface area contributed by atoms with Crippen LogP contribution >= 0.6 is 0 Å². The van der Waals surface area contributed by atoms with Gasteiger partial charge in [-0.1, -0.05) is 12.1 Å². The van der Waals surface area contributed by atoms with E-state index in [4.69, 9.17) is 14.2 Å². The van der Waals surface area contributed by atoms with Gasteiger partial charge in [-0.05, 0) is 48.4 Å². The Morgan fingerprint density at radius 1 is 1.12 bits per heavy atom. The van der Waals surface area contributed by atoms with Crippen molar-refractivity contribution in [2.75, 3.05) is 27.4 Å². The summed E-state index contributed by atoms with van der Waals surface area (Å²) < 4.78 is 15.6. The number of carbonyl (C=O) groups excluding carboxylic acids is 3. The van der Waals surface area contributed by atoms with Gasteiger partial charge in [0.25, 0.3) is 11.7 Å². The van der Waals surface area contributed by atoms with Crippen LogP contribution in [-0.4, -0.2) is 61.1 Å². The monoisotopic (exact) mass is 451 g/mol. The Morgan fingerprint density at radius 3 is 2.48 bits per heavy atom. The number of ketones is 1. The molecule has 1 fully saturated rings. The number of benzene rings is 2. The summed E-state index contributed by atoms with van der Waals surface area (Å²) in [5, 5.41) is 11.2. The predicted octanol–water partition coefficient (Wildman–Crippen LogP) is 2.86. The van der Waals surface area contributed by atoms with E-state index in [1.54, 1.807) is 42.5 Å². The zero-order valence-corrected chi connectivity index (χ0v) is 18.7. The second-order valence-corrected chi connectivity index (χ2v) is 8.05. The average Bonchev–Trinajstić information content (AvgIpc) is 3.32. The van der Waals surface area contributed by atoms with Crippen molar-refractivity contribution in [3.05, 3.63) is 70.3 Å². The normalized spacial score (nSPS) is 21.1. The van der Waals surface area contributed by atoms with Crippen LogP contribution in [0.5, 0.6) is 5.75 Å². The minimum Gasteiger partial charge on any atom is -0.507 e. The van der Waals surface area contributed by atoms with Gasteiger partial charge < -0.3 is 24.2 Å².